The highest BCUT2D eigenvalue weighted by atomic mass is 32.1. The van der Waals surface area contributed by atoms with Gasteiger partial charge in [-0.05, 0) is 44.3 Å². The van der Waals surface area contributed by atoms with Crippen molar-refractivity contribution in [2.75, 3.05) is 0 Å². The van der Waals surface area contributed by atoms with Gasteiger partial charge in [0, 0.05) is 18.4 Å². The summed E-state index contributed by atoms with van der Waals surface area (Å²) in [6, 6.07) is 0. The van der Waals surface area contributed by atoms with Crippen LogP contribution in [0.15, 0.2) is 0 Å². The van der Waals surface area contributed by atoms with E-state index in [1.54, 1.807) is 0 Å². The minimum absolute atomic E-state index is 0.568. The topological polar surface area (TPSA) is 46.5 Å². The smallest absolute Gasteiger partial charge is 0.201 e. The van der Waals surface area contributed by atoms with Crippen molar-refractivity contribution in [2.24, 2.45) is 0 Å². The Morgan fingerprint density at radius 1 is 1.14 bits per heavy atom. The molecule has 0 bridgehead atoms. The van der Waals surface area contributed by atoms with Crippen LogP contribution in [0.4, 0.5) is 0 Å². The van der Waals surface area contributed by atoms with Crippen LogP contribution in [0.5, 0.6) is 0 Å². The minimum Gasteiger partial charge on any atom is -0.339 e. The number of nitrogens with one attached hydrogen (secondary N) is 1. The summed E-state index contributed by atoms with van der Waals surface area (Å²) in [5.74, 6) is 2.35. The second kappa shape index (κ2) is 5.20. The molecule has 0 aromatic carbocycles. The molecule has 0 saturated heterocycles. The number of imidazole rings is 1. The lowest BCUT2D eigenvalue weighted by Gasteiger charge is -2.13. The second-order valence-electron chi connectivity index (χ2n) is 6.51. The molecule has 1 N–H and O–H groups in total. The lowest BCUT2D eigenvalue weighted by atomic mass is 10.0. The predicted molar refractivity (Wildman–Crippen MR) is 86.2 cm³/mol. The lowest BCUT2D eigenvalue weighted by molar-refractivity contribution is 0.646. The van der Waals surface area contributed by atoms with E-state index in [0.717, 1.165) is 30.0 Å². The number of nitrogens with zero attached hydrogens (tertiary/aromatic N) is 3. The summed E-state index contributed by atoms with van der Waals surface area (Å²) in [4.78, 5) is 13.3. The van der Waals surface area contributed by atoms with Crippen molar-refractivity contribution in [3.05, 3.63) is 16.3 Å². The number of aromatic amines is 1. The first-order valence-electron chi connectivity index (χ1n) is 8.28. The van der Waals surface area contributed by atoms with Crippen LogP contribution in [0.2, 0.25) is 0 Å². The molecule has 4 nitrogen and oxygen atoms in total. The average molecular weight is 302 g/mol. The summed E-state index contributed by atoms with van der Waals surface area (Å²) in [7, 11) is 0. The number of hydrogen-bond acceptors (Lipinski definition) is 3. The van der Waals surface area contributed by atoms with Crippen LogP contribution in [0, 0.1) is 4.77 Å². The zero-order valence-electron chi connectivity index (χ0n) is 12.6. The fourth-order valence-corrected chi connectivity index (χ4v) is 3.81. The molecular formula is C16H22N4S. The van der Waals surface area contributed by atoms with E-state index in [0.29, 0.717) is 16.6 Å². The summed E-state index contributed by atoms with van der Waals surface area (Å²) in [5.41, 5.74) is 3.38. The van der Waals surface area contributed by atoms with Crippen molar-refractivity contribution in [1.29, 1.82) is 0 Å². The van der Waals surface area contributed by atoms with Crippen LogP contribution >= 0.6 is 12.2 Å². The fourth-order valence-electron chi connectivity index (χ4n) is 3.54. The van der Waals surface area contributed by atoms with Crippen LogP contribution in [0.1, 0.15) is 75.2 Å². The number of H-pyrrole nitrogens is 1. The molecule has 2 aliphatic rings. The van der Waals surface area contributed by atoms with Crippen molar-refractivity contribution in [1.82, 2.24) is 19.5 Å². The first-order chi connectivity index (χ1) is 10.3. The Morgan fingerprint density at radius 2 is 1.90 bits per heavy atom. The Morgan fingerprint density at radius 3 is 2.57 bits per heavy atom. The third kappa shape index (κ3) is 2.31. The van der Waals surface area contributed by atoms with Crippen molar-refractivity contribution in [3.63, 3.8) is 0 Å². The minimum atomic E-state index is 0.568. The van der Waals surface area contributed by atoms with Crippen molar-refractivity contribution in [3.8, 4) is 0 Å². The molecule has 2 fully saturated rings. The summed E-state index contributed by atoms with van der Waals surface area (Å²) in [6.07, 6.45) is 8.70. The monoisotopic (exact) mass is 302 g/mol. The maximum Gasteiger partial charge on any atom is 0.201 e. The summed E-state index contributed by atoms with van der Waals surface area (Å²) < 4.78 is 2.82. The lowest BCUT2D eigenvalue weighted by Crippen LogP contribution is -2.08. The Labute approximate surface area is 130 Å². The van der Waals surface area contributed by atoms with Gasteiger partial charge in [0.05, 0.1) is 5.69 Å². The first kappa shape index (κ1) is 13.4. The van der Waals surface area contributed by atoms with Gasteiger partial charge in [-0.3, -0.25) is 4.57 Å². The third-order valence-corrected chi connectivity index (χ3v) is 5.13. The molecule has 0 amide bonds. The van der Waals surface area contributed by atoms with E-state index in [2.05, 4.69) is 16.5 Å². The van der Waals surface area contributed by atoms with E-state index >= 15 is 0 Å². The largest absolute Gasteiger partial charge is 0.339 e. The van der Waals surface area contributed by atoms with E-state index < -0.39 is 0 Å². The molecule has 21 heavy (non-hydrogen) atoms. The second-order valence-corrected chi connectivity index (χ2v) is 6.87. The molecule has 0 unspecified atom stereocenters. The molecule has 2 aliphatic carbocycles. The van der Waals surface area contributed by atoms with Crippen molar-refractivity contribution < 1.29 is 0 Å². The number of aryl methyl sites for hydroxylation is 1. The molecule has 0 aliphatic heterocycles. The molecule has 2 heterocycles. The number of aromatic nitrogens is 4. The van der Waals surface area contributed by atoms with Crippen molar-refractivity contribution >= 4 is 23.4 Å². The van der Waals surface area contributed by atoms with Gasteiger partial charge in [-0.15, -0.1) is 0 Å². The first-order valence-corrected chi connectivity index (χ1v) is 8.69. The van der Waals surface area contributed by atoms with Crippen LogP contribution < -0.4 is 0 Å². The number of hydrogen-bond donors (Lipinski definition) is 1. The normalized spacial score (nSPS) is 19.7. The van der Waals surface area contributed by atoms with Crippen LogP contribution in [0.25, 0.3) is 11.2 Å². The van der Waals surface area contributed by atoms with E-state index in [-0.39, 0.29) is 0 Å². The molecule has 0 atom stereocenters. The summed E-state index contributed by atoms with van der Waals surface area (Å²) in [6.45, 7) is 3.08. The van der Waals surface area contributed by atoms with Crippen LogP contribution in [-0.4, -0.2) is 19.5 Å². The highest BCUT2D eigenvalue weighted by Gasteiger charge is 2.29. The van der Waals surface area contributed by atoms with Gasteiger partial charge in [0.15, 0.2) is 5.65 Å². The Balaban J connectivity index is 1.92. The van der Waals surface area contributed by atoms with E-state index in [1.807, 2.05) is 0 Å². The molecule has 0 radical (unpaired) electrons. The molecule has 2 aromatic rings. The van der Waals surface area contributed by atoms with E-state index in [1.165, 1.54) is 44.2 Å². The van der Waals surface area contributed by atoms with Gasteiger partial charge in [-0.25, -0.2) is 9.97 Å². The fraction of sp³-hybridized carbons (Fsp3) is 0.688. The van der Waals surface area contributed by atoms with E-state index in [4.69, 9.17) is 22.2 Å². The van der Waals surface area contributed by atoms with Crippen LogP contribution in [0.3, 0.4) is 0 Å². The molecular weight excluding hydrogens is 280 g/mol. The van der Waals surface area contributed by atoms with E-state index in [9.17, 15) is 0 Å². The zero-order valence-corrected chi connectivity index (χ0v) is 13.4. The summed E-state index contributed by atoms with van der Waals surface area (Å²) >= 11 is 5.56. The third-order valence-electron chi connectivity index (χ3n) is 4.81. The molecule has 4 rings (SSSR count). The van der Waals surface area contributed by atoms with Gasteiger partial charge in [-0.1, -0.05) is 19.8 Å². The maximum absolute atomic E-state index is 5.56. The standard InChI is InChI=1S/C16H22N4S/c1-2-9-20-15-13(17-14(19-15)11-7-8-11)12(18-16(20)21)10-5-3-4-6-10/h10-11H,2-9H2,1H3,(H,17,19). The van der Waals surface area contributed by atoms with Gasteiger partial charge in [0.25, 0.3) is 0 Å². The highest BCUT2D eigenvalue weighted by Crippen LogP contribution is 2.41. The van der Waals surface area contributed by atoms with Gasteiger partial charge >= 0.3 is 0 Å². The quantitative estimate of drug-likeness (QED) is 0.850. The zero-order chi connectivity index (χ0) is 14.4. The molecule has 112 valence electrons. The Kier molecular flexibility index (Phi) is 3.32. The van der Waals surface area contributed by atoms with Crippen molar-refractivity contribution in [2.45, 2.75) is 70.3 Å². The molecule has 0 spiro atoms. The number of fused-ring (bicyclic) bond motifs is 1. The highest BCUT2D eigenvalue weighted by molar-refractivity contribution is 7.71. The SMILES string of the molecule is CCCn1c(=S)nc(C2CCCC2)c2[nH]c(C3CC3)nc21. The van der Waals surface area contributed by atoms with Gasteiger partial charge in [0.1, 0.15) is 11.3 Å². The number of rotatable bonds is 4. The van der Waals surface area contributed by atoms with Crippen LogP contribution in [-0.2, 0) is 6.54 Å². The van der Waals surface area contributed by atoms with Gasteiger partial charge in [0.2, 0.25) is 4.77 Å². The Bertz CT molecular complexity index is 720. The van der Waals surface area contributed by atoms with Gasteiger partial charge in [-0.2, -0.15) is 0 Å². The summed E-state index contributed by atoms with van der Waals surface area (Å²) in [5, 5.41) is 0. The molecule has 2 saturated carbocycles. The Hall–Kier alpha value is -1.23. The maximum atomic E-state index is 5.56. The molecule has 2 aromatic heterocycles. The molecule has 5 heteroatoms. The van der Waals surface area contributed by atoms with Gasteiger partial charge < -0.3 is 4.98 Å². The predicted octanol–water partition coefficient (Wildman–Crippen LogP) is 4.43. The average Bonchev–Trinajstić information content (AvgIpc) is 3.02.